The number of benzene rings is 1. The third-order valence-electron chi connectivity index (χ3n) is 2.35. The molecule has 0 unspecified atom stereocenters. The summed E-state index contributed by atoms with van der Waals surface area (Å²) in [7, 11) is -2.06. The minimum Gasteiger partial charge on any atom is -0.397 e. The van der Waals surface area contributed by atoms with E-state index >= 15 is 0 Å². The lowest BCUT2D eigenvalue weighted by molar-refractivity contribution is 0.499. The Bertz CT molecular complexity index is 517. The molecule has 17 heavy (non-hydrogen) atoms. The molecule has 0 saturated carbocycles. The first-order chi connectivity index (χ1) is 7.80. The van der Waals surface area contributed by atoms with Gasteiger partial charge in [-0.25, -0.2) is 8.42 Å². The number of likely N-dealkylation sites (N-methyl/N-ethyl adjacent to an activating group) is 1. The van der Waals surface area contributed by atoms with E-state index < -0.39 is 10.0 Å². The van der Waals surface area contributed by atoms with E-state index in [-0.39, 0.29) is 17.1 Å². The van der Waals surface area contributed by atoms with Crippen LogP contribution in [0.1, 0.15) is 5.56 Å². The molecule has 0 aliphatic heterocycles. The van der Waals surface area contributed by atoms with Crippen LogP contribution < -0.4 is 5.73 Å². The highest BCUT2D eigenvalue weighted by molar-refractivity contribution is 7.89. The van der Waals surface area contributed by atoms with Crippen LogP contribution in [0.25, 0.3) is 0 Å². The summed E-state index contributed by atoms with van der Waals surface area (Å²) in [5.74, 6) is 0. The molecule has 0 radical (unpaired) electrons. The Labute approximate surface area is 107 Å². The Hall–Kier alpha value is -1.04. The lowest BCUT2D eigenvalue weighted by atomic mass is 10.2. The Morgan fingerprint density at radius 2 is 2.12 bits per heavy atom. The van der Waals surface area contributed by atoms with Gasteiger partial charge in [0.15, 0.2) is 0 Å². The maximum absolute atomic E-state index is 12.1. The molecule has 0 saturated heterocycles. The van der Waals surface area contributed by atoms with Crippen molar-refractivity contribution in [3.8, 4) is 0 Å². The molecular formula is C11H15ClN2O2S. The van der Waals surface area contributed by atoms with Crippen LogP contribution in [-0.2, 0) is 10.0 Å². The largest absolute Gasteiger partial charge is 0.397 e. The third-order valence-corrected chi connectivity index (χ3v) is 4.67. The van der Waals surface area contributed by atoms with Crippen molar-refractivity contribution in [3.63, 3.8) is 0 Å². The quantitative estimate of drug-likeness (QED) is 0.675. The summed E-state index contributed by atoms with van der Waals surface area (Å²) in [6.07, 6.45) is 1.52. The van der Waals surface area contributed by atoms with Crippen LogP contribution in [0.5, 0.6) is 0 Å². The Balaban J connectivity index is 3.30. The minimum atomic E-state index is -3.54. The average Bonchev–Trinajstić information content (AvgIpc) is 2.25. The summed E-state index contributed by atoms with van der Waals surface area (Å²) in [5.41, 5.74) is 6.55. The molecule has 0 aromatic heterocycles. The highest BCUT2D eigenvalue weighted by atomic mass is 35.5. The number of aryl methyl sites for hydroxylation is 1. The zero-order valence-electron chi connectivity index (χ0n) is 9.77. The number of nitrogens with two attached hydrogens (primary N) is 1. The average molecular weight is 275 g/mol. The van der Waals surface area contributed by atoms with Gasteiger partial charge >= 0.3 is 0 Å². The summed E-state index contributed by atoms with van der Waals surface area (Å²) in [6, 6.07) is 2.87. The van der Waals surface area contributed by atoms with E-state index in [1.165, 1.54) is 29.6 Å². The number of nitrogens with zero attached hydrogens (tertiary/aromatic N) is 1. The molecule has 1 aromatic rings. The van der Waals surface area contributed by atoms with Crippen LogP contribution in [0.2, 0.25) is 5.02 Å². The van der Waals surface area contributed by atoms with E-state index in [1.807, 2.05) is 0 Å². The summed E-state index contributed by atoms with van der Waals surface area (Å²) in [6.45, 7) is 5.46. The predicted octanol–water partition coefficient (Wildman–Crippen LogP) is 2.04. The lowest BCUT2D eigenvalue weighted by Gasteiger charge is -2.16. The number of halogens is 1. The Kier molecular flexibility index (Phi) is 4.19. The van der Waals surface area contributed by atoms with Crippen molar-refractivity contribution < 1.29 is 8.42 Å². The van der Waals surface area contributed by atoms with Gasteiger partial charge in [-0.2, -0.15) is 4.31 Å². The number of rotatable bonds is 4. The fourth-order valence-corrected chi connectivity index (χ4v) is 2.74. The van der Waals surface area contributed by atoms with Crippen molar-refractivity contribution in [2.24, 2.45) is 0 Å². The lowest BCUT2D eigenvalue weighted by Crippen LogP contribution is -2.27. The summed E-state index contributed by atoms with van der Waals surface area (Å²) < 4.78 is 25.4. The fourth-order valence-electron chi connectivity index (χ4n) is 1.37. The van der Waals surface area contributed by atoms with Crippen molar-refractivity contribution in [3.05, 3.63) is 35.4 Å². The first-order valence-electron chi connectivity index (χ1n) is 4.93. The van der Waals surface area contributed by atoms with E-state index in [1.54, 1.807) is 6.92 Å². The van der Waals surface area contributed by atoms with E-state index in [0.29, 0.717) is 10.6 Å². The smallest absolute Gasteiger partial charge is 0.243 e. The monoisotopic (exact) mass is 274 g/mol. The molecular weight excluding hydrogens is 260 g/mol. The van der Waals surface area contributed by atoms with Gasteiger partial charge in [0.05, 0.1) is 15.6 Å². The third kappa shape index (κ3) is 2.80. The zero-order valence-corrected chi connectivity index (χ0v) is 11.3. The maximum atomic E-state index is 12.1. The van der Waals surface area contributed by atoms with Gasteiger partial charge < -0.3 is 5.73 Å². The second kappa shape index (κ2) is 5.08. The van der Waals surface area contributed by atoms with Crippen LogP contribution in [0, 0.1) is 6.92 Å². The van der Waals surface area contributed by atoms with Crippen LogP contribution in [-0.4, -0.2) is 26.3 Å². The molecule has 4 nitrogen and oxygen atoms in total. The number of anilines is 1. The fraction of sp³-hybridized carbons (Fsp3) is 0.273. The molecule has 0 aliphatic rings. The Morgan fingerprint density at radius 3 is 2.59 bits per heavy atom. The highest BCUT2D eigenvalue weighted by Crippen LogP contribution is 2.27. The van der Waals surface area contributed by atoms with Gasteiger partial charge in [-0.3, -0.25) is 0 Å². The van der Waals surface area contributed by atoms with Crippen LogP contribution in [0.3, 0.4) is 0 Å². The van der Waals surface area contributed by atoms with Crippen molar-refractivity contribution in [2.45, 2.75) is 11.8 Å². The second-order valence-electron chi connectivity index (χ2n) is 3.72. The molecule has 1 aromatic carbocycles. The topological polar surface area (TPSA) is 63.4 Å². The van der Waals surface area contributed by atoms with Crippen LogP contribution in [0.4, 0.5) is 5.69 Å². The van der Waals surface area contributed by atoms with Crippen molar-refractivity contribution in [2.75, 3.05) is 19.3 Å². The Morgan fingerprint density at radius 1 is 1.53 bits per heavy atom. The molecule has 6 heteroatoms. The van der Waals surface area contributed by atoms with Gasteiger partial charge in [0, 0.05) is 13.6 Å². The summed E-state index contributed by atoms with van der Waals surface area (Å²) in [5, 5.41) is 0.385. The number of hydrogen-bond acceptors (Lipinski definition) is 3. The minimum absolute atomic E-state index is 0.140. The molecule has 2 N–H and O–H groups in total. The van der Waals surface area contributed by atoms with Crippen molar-refractivity contribution >= 4 is 27.3 Å². The number of nitrogen functional groups attached to an aromatic ring is 1. The first kappa shape index (κ1) is 14.0. The molecule has 1 rings (SSSR count). The SMILES string of the molecule is C=CCN(C)S(=O)(=O)c1cc(C)c(Cl)c(N)c1. The standard InChI is InChI=1S/C11H15ClN2O2S/c1-4-5-14(3)17(15,16)9-6-8(2)11(12)10(13)7-9/h4,6-7H,1,5,13H2,2-3H3. The van der Waals surface area contributed by atoms with Gasteiger partial charge in [0.2, 0.25) is 10.0 Å². The van der Waals surface area contributed by atoms with Crippen molar-refractivity contribution in [1.82, 2.24) is 4.31 Å². The number of hydrogen-bond donors (Lipinski definition) is 1. The van der Waals surface area contributed by atoms with Crippen molar-refractivity contribution in [1.29, 1.82) is 0 Å². The predicted molar refractivity (Wildman–Crippen MR) is 70.6 cm³/mol. The molecule has 94 valence electrons. The molecule has 0 spiro atoms. The van der Waals surface area contributed by atoms with Gasteiger partial charge in [0.25, 0.3) is 0 Å². The van der Waals surface area contributed by atoms with Gasteiger partial charge in [0.1, 0.15) is 0 Å². The van der Waals surface area contributed by atoms with Gasteiger partial charge in [-0.15, -0.1) is 6.58 Å². The van der Waals surface area contributed by atoms with Crippen LogP contribution >= 0.6 is 11.6 Å². The molecule has 0 atom stereocenters. The normalized spacial score (nSPS) is 11.8. The molecule has 0 fully saturated rings. The molecule has 0 amide bonds. The second-order valence-corrected chi connectivity index (χ2v) is 6.14. The van der Waals surface area contributed by atoms with Gasteiger partial charge in [-0.05, 0) is 24.6 Å². The highest BCUT2D eigenvalue weighted by Gasteiger charge is 2.21. The van der Waals surface area contributed by atoms with E-state index in [0.717, 1.165) is 0 Å². The number of sulfonamides is 1. The summed E-state index contributed by atoms with van der Waals surface area (Å²) >= 11 is 5.89. The molecule has 0 bridgehead atoms. The van der Waals surface area contributed by atoms with Crippen LogP contribution in [0.15, 0.2) is 29.7 Å². The van der Waals surface area contributed by atoms with E-state index in [4.69, 9.17) is 17.3 Å². The van der Waals surface area contributed by atoms with E-state index in [9.17, 15) is 8.42 Å². The van der Waals surface area contributed by atoms with E-state index in [2.05, 4.69) is 6.58 Å². The molecule has 0 heterocycles. The summed E-state index contributed by atoms with van der Waals surface area (Å²) in [4.78, 5) is 0.140. The zero-order chi connectivity index (χ0) is 13.2. The first-order valence-corrected chi connectivity index (χ1v) is 6.75. The van der Waals surface area contributed by atoms with Gasteiger partial charge in [-0.1, -0.05) is 17.7 Å². The molecule has 0 aliphatic carbocycles. The maximum Gasteiger partial charge on any atom is 0.243 e.